The molecule has 5 nitrogen and oxygen atoms in total. The molecule has 5 heteroatoms. The molecule has 0 bridgehead atoms. The molecule has 2 aromatic rings. The molecule has 118 valence electrons. The highest BCUT2D eigenvalue weighted by molar-refractivity contribution is 5.82. The third-order valence-electron chi connectivity index (χ3n) is 4.20. The van der Waals surface area contributed by atoms with E-state index in [1.165, 1.54) is 5.56 Å². The number of fused-ring (bicyclic) bond motifs is 1. The van der Waals surface area contributed by atoms with E-state index in [9.17, 15) is 4.79 Å². The van der Waals surface area contributed by atoms with Crippen LogP contribution in [0.25, 0.3) is 5.52 Å². The van der Waals surface area contributed by atoms with Gasteiger partial charge in [0.15, 0.2) is 0 Å². The van der Waals surface area contributed by atoms with Gasteiger partial charge >= 0.3 is 0 Å². The molecule has 2 aromatic heterocycles. The van der Waals surface area contributed by atoms with E-state index in [1.54, 1.807) is 0 Å². The van der Waals surface area contributed by atoms with Crippen molar-refractivity contribution < 1.29 is 9.53 Å². The molecular weight excluding hydrogens is 278 g/mol. The molecule has 1 atom stereocenters. The number of aryl methyl sites for hydroxylation is 1. The Morgan fingerprint density at radius 2 is 2.23 bits per heavy atom. The highest BCUT2D eigenvalue weighted by Gasteiger charge is 2.30. The first kappa shape index (κ1) is 15.1. The number of carbonyl (C=O) groups is 1. The topological polar surface area (TPSA) is 54.8 Å². The molecule has 3 heterocycles. The highest BCUT2D eigenvalue weighted by atomic mass is 16.5. The maximum atomic E-state index is 12.4. The molecule has 0 aliphatic carbocycles. The minimum atomic E-state index is -0.474. The molecule has 1 saturated heterocycles. The van der Waals surface area contributed by atoms with Crippen molar-refractivity contribution in [2.45, 2.75) is 32.4 Å². The van der Waals surface area contributed by atoms with Crippen LogP contribution in [0.3, 0.4) is 0 Å². The Balaban J connectivity index is 1.84. The van der Waals surface area contributed by atoms with E-state index in [0.29, 0.717) is 13.2 Å². The van der Waals surface area contributed by atoms with Crippen LogP contribution in [-0.4, -0.2) is 36.1 Å². The van der Waals surface area contributed by atoms with E-state index in [1.807, 2.05) is 26.1 Å². The number of nitrogens with zero attached hydrogens (tertiary/aromatic N) is 1. The van der Waals surface area contributed by atoms with Gasteiger partial charge in [0.1, 0.15) is 6.10 Å². The van der Waals surface area contributed by atoms with Gasteiger partial charge in [0.25, 0.3) is 5.91 Å². The van der Waals surface area contributed by atoms with Crippen LogP contribution in [0.15, 0.2) is 30.5 Å². The summed E-state index contributed by atoms with van der Waals surface area (Å²) in [6.45, 7) is 8.07. The number of amides is 1. The van der Waals surface area contributed by atoms with Crippen molar-refractivity contribution in [2.75, 3.05) is 19.7 Å². The molecule has 22 heavy (non-hydrogen) atoms. The molecule has 1 aliphatic rings. The molecular formula is C17H23N3O2. The van der Waals surface area contributed by atoms with Crippen molar-refractivity contribution in [3.63, 3.8) is 0 Å². The zero-order valence-electron chi connectivity index (χ0n) is 13.3. The standard InChI is InChI=1S/C17H23N3O2/c1-12-5-4-9-20-13(12)6-7-15(20)17(2,3)19-16(21)14-11-18-8-10-22-14/h4-7,9,14,18H,8,10-11H2,1-3H3,(H,19,21)/t14-/m0/s1. The van der Waals surface area contributed by atoms with Crippen LogP contribution >= 0.6 is 0 Å². The Morgan fingerprint density at radius 1 is 1.41 bits per heavy atom. The van der Waals surface area contributed by atoms with Crippen molar-refractivity contribution in [3.05, 3.63) is 41.7 Å². The Hall–Kier alpha value is -1.85. The van der Waals surface area contributed by atoms with Crippen LogP contribution in [0.4, 0.5) is 0 Å². The van der Waals surface area contributed by atoms with Crippen molar-refractivity contribution in [2.24, 2.45) is 0 Å². The number of hydrogen-bond acceptors (Lipinski definition) is 3. The normalized spacial score (nSPS) is 19.3. The first-order valence-corrected chi connectivity index (χ1v) is 7.70. The van der Waals surface area contributed by atoms with E-state index in [4.69, 9.17) is 4.74 Å². The smallest absolute Gasteiger partial charge is 0.251 e. The predicted octanol–water partition coefficient (Wildman–Crippen LogP) is 1.59. The molecule has 0 saturated carbocycles. The SMILES string of the molecule is Cc1cccn2c(C(C)(C)NC(=O)[C@@H]3CNCCO3)ccc12. The Morgan fingerprint density at radius 3 is 2.95 bits per heavy atom. The van der Waals surface area contributed by atoms with E-state index in [-0.39, 0.29) is 5.91 Å². The molecule has 0 aromatic carbocycles. The molecule has 0 unspecified atom stereocenters. The van der Waals surface area contributed by atoms with Gasteiger partial charge < -0.3 is 19.8 Å². The fourth-order valence-electron chi connectivity index (χ4n) is 2.98. The minimum absolute atomic E-state index is 0.0696. The fraction of sp³-hybridized carbons (Fsp3) is 0.471. The summed E-state index contributed by atoms with van der Waals surface area (Å²) in [6.07, 6.45) is 1.62. The number of nitrogens with one attached hydrogen (secondary N) is 2. The van der Waals surface area contributed by atoms with E-state index >= 15 is 0 Å². The lowest BCUT2D eigenvalue weighted by Gasteiger charge is -2.30. The van der Waals surface area contributed by atoms with E-state index < -0.39 is 11.6 Å². The van der Waals surface area contributed by atoms with Gasteiger partial charge in [0, 0.05) is 30.5 Å². The monoisotopic (exact) mass is 301 g/mol. The lowest BCUT2D eigenvalue weighted by Crippen LogP contribution is -2.52. The molecule has 1 aliphatic heterocycles. The quantitative estimate of drug-likeness (QED) is 0.905. The van der Waals surface area contributed by atoms with Crippen molar-refractivity contribution >= 4 is 11.4 Å². The average Bonchev–Trinajstić information content (AvgIpc) is 2.94. The summed E-state index contributed by atoms with van der Waals surface area (Å²) in [5.41, 5.74) is 2.97. The van der Waals surface area contributed by atoms with Crippen LogP contribution in [-0.2, 0) is 15.1 Å². The number of rotatable bonds is 3. The van der Waals surface area contributed by atoms with Gasteiger partial charge in [0.2, 0.25) is 0 Å². The number of morpholine rings is 1. The van der Waals surface area contributed by atoms with Gasteiger partial charge in [-0.3, -0.25) is 4.79 Å². The molecule has 1 amide bonds. The molecule has 2 N–H and O–H groups in total. The van der Waals surface area contributed by atoms with Crippen molar-refractivity contribution in [1.29, 1.82) is 0 Å². The lowest BCUT2D eigenvalue weighted by atomic mass is 10.00. The van der Waals surface area contributed by atoms with E-state index in [2.05, 4.69) is 40.2 Å². The second-order valence-corrected chi connectivity index (χ2v) is 6.34. The lowest BCUT2D eigenvalue weighted by molar-refractivity contribution is -0.136. The van der Waals surface area contributed by atoms with Gasteiger partial charge in [-0.2, -0.15) is 0 Å². The maximum Gasteiger partial charge on any atom is 0.251 e. The Bertz CT molecular complexity index is 684. The third kappa shape index (κ3) is 2.74. The zero-order valence-corrected chi connectivity index (χ0v) is 13.3. The Labute approximate surface area is 130 Å². The summed E-state index contributed by atoms with van der Waals surface area (Å²) in [6, 6.07) is 8.28. The summed E-state index contributed by atoms with van der Waals surface area (Å²) in [5.74, 6) is -0.0696. The van der Waals surface area contributed by atoms with Gasteiger partial charge in [-0.25, -0.2) is 0 Å². The molecule has 3 rings (SSSR count). The largest absolute Gasteiger partial charge is 0.366 e. The van der Waals surface area contributed by atoms with Crippen LogP contribution in [0.5, 0.6) is 0 Å². The highest BCUT2D eigenvalue weighted by Crippen LogP contribution is 2.24. The van der Waals surface area contributed by atoms with Crippen molar-refractivity contribution in [3.8, 4) is 0 Å². The maximum absolute atomic E-state index is 12.4. The third-order valence-corrected chi connectivity index (χ3v) is 4.20. The molecule has 0 spiro atoms. The summed E-state index contributed by atoms with van der Waals surface area (Å²) in [4.78, 5) is 12.4. The summed E-state index contributed by atoms with van der Waals surface area (Å²) in [5, 5.41) is 6.30. The number of hydrogen-bond donors (Lipinski definition) is 2. The summed E-state index contributed by atoms with van der Waals surface area (Å²) < 4.78 is 7.66. The fourth-order valence-corrected chi connectivity index (χ4v) is 2.98. The molecule has 0 radical (unpaired) electrons. The number of ether oxygens (including phenoxy) is 1. The van der Waals surface area contributed by atoms with Crippen molar-refractivity contribution in [1.82, 2.24) is 15.0 Å². The first-order valence-electron chi connectivity index (χ1n) is 7.70. The van der Waals surface area contributed by atoms with Crippen LogP contribution in [0.2, 0.25) is 0 Å². The van der Waals surface area contributed by atoms with Crippen LogP contribution in [0, 0.1) is 6.92 Å². The first-order chi connectivity index (χ1) is 10.5. The second-order valence-electron chi connectivity index (χ2n) is 6.34. The summed E-state index contributed by atoms with van der Waals surface area (Å²) in [7, 11) is 0. The zero-order chi connectivity index (χ0) is 15.7. The van der Waals surface area contributed by atoms with Gasteiger partial charge in [0.05, 0.1) is 12.1 Å². The number of carbonyl (C=O) groups excluding carboxylic acids is 1. The minimum Gasteiger partial charge on any atom is -0.366 e. The van der Waals surface area contributed by atoms with Crippen LogP contribution < -0.4 is 10.6 Å². The molecule has 1 fully saturated rings. The number of aromatic nitrogens is 1. The Kier molecular flexibility index (Phi) is 3.93. The van der Waals surface area contributed by atoms with E-state index in [0.717, 1.165) is 17.8 Å². The van der Waals surface area contributed by atoms with Gasteiger partial charge in [-0.15, -0.1) is 0 Å². The second kappa shape index (κ2) is 5.74. The predicted molar refractivity (Wildman–Crippen MR) is 85.9 cm³/mol. The average molecular weight is 301 g/mol. The van der Waals surface area contributed by atoms with Gasteiger partial charge in [-0.1, -0.05) is 6.07 Å². The summed E-state index contributed by atoms with van der Waals surface area (Å²) >= 11 is 0. The number of pyridine rings is 1. The van der Waals surface area contributed by atoms with Gasteiger partial charge in [-0.05, 0) is 44.5 Å². The van der Waals surface area contributed by atoms with Crippen LogP contribution in [0.1, 0.15) is 25.1 Å².